The van der Waals surface area contributed by atoms with Gasteiger partial charge in [0.05, 0.1) is 0 Å². The molecule has 2 aromatic rings. The zero-order valence-electron chi connectivity index (χ0n) is 9.35. The maximum absolute atomic E-state index is 13.4. The van der Waals surface area contributed by atoms with Gasteiger partial charge in [-0.1, -0.05) is 12.2 Å². The molecule has 1 heterocycles. The average Bonchev–Trinajstić information content (AvgIpc) is 2.63. The average molecular weight is 249 g/mol. The molecule has 0 fully saturated rings. The number of thiocarbonyl (C=S) groups is 1. The van der Waals surface area contributed by atoms with Crippen LogP contribution in [-0.2, 0) is 6.54 Å². The van der Waals surface area contributed by atoms with Crippen molar-refractivity contribution in [1.29, 1.82) is 0 Å². The fourth-order valence-electron chi connectivity index (χ4n) is 1.65. The lowest BCUT2D eigenvalue weighted by atomic mass is 10.1. The topological polar surface area (TPSA) is 43.8 Å². The monoisotopic (exact) mass is 249 g/mol. The molecule has 0 saturated carbocycles. The Morgan fingerprint density at radius 3 is 2.82 bits per heavy atom. The van der Waals surface area contributed by atoms with Crippen LogP contribution in [0.2, 0.25) is 0 Å². The normalized spacial score (nSPS) is 10.5. The SMILES string of the molecule is Cc1nccn1Cc1cc(F)cc(C(N)=S)c1. The second-order valence-electron chi connectivity index (χ2n) is 3.81. The smallest absolute Gasteiger partial charge is 0.124 e. The lowest BCUT2D eigenvalue weighted by Gasteiger charge is -2.07. The van der Waals surface area contributed by atoms with Gasteiger partial charge in [0.25, 0.3) is 0 Å². The summed E-state index contributed by atoms with van der Waals surface area (Å²) < 4.78 is 15.3. The molecule has 0 bridgehead atoms. The van der Waals surface area contributed by atoms with E-state index in [4.69, 9.17) is 18.0 Å². The van der Waals surface area contributed by atoms with Crippen molar-refractivity contribution < 1.29 is 4.39 Å². The minimum atomic E-state index is -0.330. The van der Waals surface area contributed by atoms with E-state index in [1.165, 1.54) is 12.1 Å². The van der Waals surface area contributed by atoms with Gasteiger partial charge in [-0.15, -0.1) is 0 Å². The molecule has 3 nitrogen and oxygen atoms in total. The Hall–Kier alpha value is -1.75. The molecule has 1 aromatic carbocycles. The van der Waals surface area contributed by atoms with Crippen molar-refractivity contribution in [3.63, 3.8) is 0 Å². The van der Waals surface area contributed by atoms with Gasteiger partial charge < -0.3 is 10.3 Å². The standard InChI is InChI=1S/C12H12FN3S/c1-8-15-2-3-16(8)7-9-4-10(12(14)17)6-11(13)5-9/h2-6H,7H2,1H3,(H2,14,17). The highest BCUT2D eigenvalue weighted by atomic mass is 32.1. The van der Waals surface area contributed by atoms with Crippen LogP contribution >= 0.6 is 12.2 Å². The summed E-state index contributed by atoms with van der Waals surface area (Å²) in [4.78, 5) is 4.31. The molecular weight excluding hydrogens is 237 g/mol. The Labute approximate surface area is 104 Å². The van der Waals surface area contributed by atoms with Crippen molar-refractivity contribution in [2.24, 2.45) is 5.73 Å². The predicted octanol–water partition coefficient (Wildman–Crippen LogP) is 2.01. The summed E-state index contributed by atoms with van der Waals surface area (Å²) in [5.74, 6) is 0.550. The molecule has 0 radical (unpaired) electrons. The molecule has 0 aliphatic heterocycles. The van der Waals surface area contributed by atoms with Crippen molar-refractivity contribution in [3.05, 3.63) is 53.4 Å². The molecule has 0 atom stereocenters. The summed E-state index contributed by atoms with van der Waals surface area (Å²) >= 11 is 4.85. The van der Waals surface area contributed by atoms with Crippen LogP contribution in [0.25, 0.3) is 0 Å². The highest BCUT2D eigenvalue weighted by Crippen LogP contribution is 2.11. The molecule has 0 aliphatic rings. The van der Waals surface area contributed by atoms with Crippen LogP contribution in [0.3, 0.4) is 0 Å². The summed E-state index contributed by atoms with van der Waals surface area (Å²) in [5, 5.41) is 0. The van der Waals surface area contributed by atoms with Gasteiger partial charge in [-0.05, 0) is 30.7 Å². The van der Waals surface area contributed by atoms with Crippen molar-refractivity contribution in [2.45, 2.75) is 13.5 Å². The molecule has 88 valence electrons. The summed E-state index contributed by atoms with van der Waals surface area (Å²) in [7, 11) is 0. The molecule has 17 heavy (non-hydrogen) atoms. The number of nitrogens with zero attached hydrogens (tertiary/aromatic N) is 2. The zero-order valence-corrected chi connectivity index (χ0v) is 10.2. The summed E-state index contributed by atoms with van der Waals surface area (Å²) in [6.07, 6.45) is 3.56. The van der Waals surface area contributed by atoms with Gasteiger partial charge in [0.15, 0.2) is 0 Å². The molecule has 2 N–H and O–H groups in total. The van der Waals surface area contributed by atoms with Gasteiger partial charge in [-0.3, -0.25) is 0 Å². The minimum Gasteiger partial charge on any atom is -0.389 e. The third kappa shape index (κ3) is 2.68. The second kappa shape index (κ2) is 4.63. The van der Waals surface area contributed by atoms with Gasteiger partial charge in [-0.2, -0.15) is 0 Å². The van der Waals surface area contributed by atoms with E-state index < -0.39 is 0 Å². The summed E-state index contributed by atoms with van der Waals surface area (Å²) in [5.41, 5.74) is 6.86. The fourth-order valence-corrected chi connectivity index (χ4v) is 1.77. The quantitative estimate of drug-likeness (QED) is 0.846. The van der Waals surface area contributed by atoms with E-state index in [-0.39, 0.29) is 10.8 Å². The highest BCUT2D eigenvalue weighted by Gasteiger charge is 2.05. The van der Waals surface area contributed by atoms with Crippen molar-refractivity contribution in [3.8, 4) is 0 Å². The van der Waals surface area contributed by atoms with Crippen molar-refractivity contribution in [2.75, 3.05) is 0 Å². The van der Waals surface area contributed by atoms with Crippen LogP contribution in [0.1, 0.15) is 17.0 Å². The summed E-state index contributed by atoms with van der Waals surface area (Å²) in [6, 6.07) is 4.61. The molecule has 1 aromatic heterocycles. The maximum Gasteiger partial charge on any atom is 0.124 e. The minimum absolute atomic E-state index is 0.202. The van der Waals surface area contributed by atoms with Crippen LogP contribution in [-0.4, -0.2) is 14.5 Å². The molecular formula is C12H12FN3S. The van der Waals surface area contributed by atoms with E-state index >= 15 is 0 Å². The number of imidazole rings is 1. The van der Waals surface area contributed by atoms with Crippen molar-refractivity contribution >= 4 is 17.2 Å². The first-order chi connectivity index (χ1) is 8.06. The van der Waals surface area contributed by atoms with Gasteiger partial charge in [-0.25, -0.2) is 9.37 Å². The molecule has 0 saturated heterocycles. The summed E-state index contributed by atoms with van der Waals surface area (Å²) in [6.45, 7) is 2.45. The van der Waals surface area contributed by atoms with Crippen LogP contribution in [0, 0.1) is 12.7 Å². The third-order valence-corrected chi connectivity index (χ3v) is 2.75. The molecule has 0 amide bonds. The lowest BCUT2D eigenvalue weighted by Crippen LogP contribution is -2.11. The number of halogens is 1. The Kier molecular flexibility index (Phi) is 3.19. The van der Waals surface area contributed by atoms with Gasteiger partial charge >= 0.3 is 0 Å². The number of benzene rings is 1. The predicted molar refractivity (Wildman–Crippen MR) is 68.4 cm³/mol. The fraction of sp³-hybridized carbons (Fsp3) is 0.167. The van der Waals surface area contributed by atoms with Crippen LogP contribution in [0.5, 0.6) is 0 Å². The molecule has 5 heteroatoms. The lowest BCUT2D eigenvalue weighted by molar-refractivity contribution is 0.622. The first-order valence-electron chi connectivity index (χ1n) is 5.13. The molecule has 2 rings (SSSR count). The number of hydrogen-bond donors (Lipinski definition) is 1. The van der Waals surface area contributed by atoms with E-state index in [9.17, 15) is 4.39 Å². The Balaban J connectivity index is 2.33. The Morgan fingerprint density at radius 1 is 1.47 bits per heavy atom. The largest absolute Gasteiger partial charge is 0.389 e. The number of aromatic nitrogens is 2. The number of hydrogen-bond acceptors (Lipinski definition) is 2. The van der Waals surface area contributed by atoms with Crippen LogP contribution in [0.15, 0.2) is 30.6 Å². The first kappa shape index (κ1) is 11.7. The van der Waals surface area contributed by atoms with E-state index in [0.29, 0.717) is 12.1 Å². The highest BCUT2D eigenvalue weighted by molar-refractivity contribution is 7.80. The van der Waals surface area contributed by atoms with Crippen LogP contribution in [0.4, 0.5) is 4.39 Å². The maximum atomic E-state index is 13.4. The first-order valence-corrected chi connectivity index (χ1v) is 5.54. The molecule has 0 spiro atoms. The van der Waals surface area contributed by atoms with E-state index in [2.05, 4.69) is 4.98 Å². The van der Waals surface area contributed by atoms with E-state index in [1.807, 2.05) is 17.7 Å². The number of rotatable bonds is 3. The van der Waals surface area contributed by atoms with Crippen molar-refractivity contribution in [1.82, 2.24) is 9.55 Å². The number of aryl methyl sites for hydroxylation is 1. The second-order valence-corrected chi connectivity index (χ2v) is 4.25. The Bertz CT molecular complexity index is 563. The molecule has 0 aliphatic carbocycles. The molecule has 0 unspecified atom stereocenters. The Morgan fingerprint density at radius 2 is 2.24 bits per heavy atom. The zero-order chi connectivity index (χ0) is 12.4. The van der Waals surface area contributed by atoms with Gasteiger partial charge in [0.2, 0.25) is 0 Å². The van der Waals surface area contributed by atoms with Gasteiger partial charge in [0.1, 0.15) is 16.6 Å². The third-order valence-electron chi connectivity index (χ3n) is 2.52. The van der Waals surface area contributed by atoms with E-state index in [0.717, 1.165) is 11.4 Å². The van der Waals surface area contributed by atoms with E-state index in [1.54, 1.807) is 12.3 Å². The van der Waals surface area contributed by atoms with Gasteiger partial charge in [0, 0.05) is 24.5 Å². The van der Waals surface area contributed by atoms with Crippen LogP contribution < -0.4 is 5.73 Å². The number of nitrogens with two attached hydrogens (primary N) is 1.